The highest BCUT2D eigenvalue weighted by atomic mass is 16.4. The van der Waals surface area contributed by atoms with E-state index in [2.05, 4.69) is 10.5 Å². The Hall–Kier alpha value is -3.28. The van der Waals surface area contributed by atoms with Crippen molar-refractivity contribution in [3.05, 3.63) is 66.5 Å². The highest BCUT2D eigenvalue weighted by Gasteiger charge is 2.07. The molecule has 1 heterocycles. The first-order chi connectivity index (χ1) is 10.7. The van der Waals surface area contributed by atoms with Gasteiger partial charge in [-0.1, -0.05) is 29.4 Å². The lowest BCUT2D eigenvalue weighted by Crippen LogP contribution is -2.18. The Morgan fingerprint density at radius 2 is 1.64 bits per heavy atom. The van der Waals surface area contributed by atoms with Crippen molar-refractivity contribution >= 4 is 28.3 Å². The zero-order chi connectivity index (χ0) is 15.5. The Morgan fingerprint density at radius 3 is 2.18 bits per heavy atom. The molecule has 4 N–H and O–H groups in total. The molecule has 1 amide bonds. The van der Waals surface area contributed by atoms with Gasteiger partial charge in [0.15, 0.2) is 5.84 Å². The van der Waals surface area contributed by atoms with Crippen molar-refractivity contribution < 1.29 is 10.0 Å². The van der Waals surface area contributed by atoms with E-state index in [0.717, 1.165) is 10.8 Å². The molecule has 0 unspecified atom stereocenters. The number of benzene rings is 2. The predicted octanol–water partition coefficient (Wildman–Crippen LogP) is 2.82. The van der Waals surface area contributed by atoms with Gasteiger partial charge in [-0.2, -0.15) is 0 Å². The quantitative estimate of drug-likeness (QED) is 0.294. The molecule has 6 heteroatoms. The van der Waals surface area contributed by atoms with Crippen LogP contribution in [0.5, 0.6) is 0 Å². The van der Waals surface area contributed by atoms with Gasteiger partial charge in [-0.3, -0.25) is 4.57 Å². The minimum atomic E-state index is -0.257. The normalized spacial score (nSPS) is 11.5. The monoisotopic (exact) mass is 294 g/mol. The Balaban J connectivity index is 1.79. The van der Waals surface area contributed by atoms with Crippen LogP contribution in [0.3, 0.4) is 0 Å². The third kappa shape index (κ3) is 2.62. The number of hydrogen-bond acceptors (Lipinski definition) is 3. The molecule has 110 valence electrons. The molecule has 0 aliphatic rings. The van der Waals surface area contributed by atoms with E-state index in [1.807, 2.05) is 24.3 Å². The summed E-state index contributed by atoms with van der Waals surface area (Å²) in [6.07, 6.45) is 3.55. The minimum absolute atomic E-state index is 0.0227. The standard InChI is InChI=1S/C16H14N4O2/c17-15(19-22)11-5-7-14(8-6-11)18-16(21)20-9-12-3-1-2-4-13(12)10-20/h1-10,22H,(H2,17,19)(H,18,21). The van der Waals surface area contributed by atoms with Gasteiger partial charge < -0.3 is 16.3 Å². The van der Waals surface area contributed by atoms with Gasteiger partial charge in [-0.05, 0) is 35.0 Å². The van der Waals surface area contributed by atoms with Crippen LogP contribution in [-0.4, -0.2) is 21.6 Å². The summed E-state index contributed by atoms with van der Waals surface area (Å²) in [5, 5.41) is 16.3. The first-order valence-corrected chi connectivity index (χ1v) is 6.63. The fourth-order valence-corrected chi connectivity index (χ4v) is 2.17. The van der Waals surface area contributed by atoms with Crippen LogP contribution in [0.2, 0.25) is 0 Å². The second kappa shape index (κ2) is 5.61. The molecular formula is C16H14N4O2. The molecule has 0 atom stereocenters. The molecule has 0 aliphatic carbocycles. The maximum absolute atomic E-state index is 12.2. The van der Waals surface area contributed by atoms with E-state index in [4.69, 9.17) is 10.9 Å². The number of aromatic nitrogens is 1. The maximum Gasteiger partial charge on any atom is 0.329 e. The lowest BCUT2D eigenvalue weighted by Gasteiger charge is -2.06. The first-order valence-electron chi connectivity index (χ1n) is 6.63. The highest BCUT2D eigenvalue weighted by molar-refractivity contribution is 5.98. The van der Waals surface area contributed by atoms with Crippen molar-refractivity contribution in [2.75, 3.05) is 5.32 Å². The van der Waals surface area contributed by atoms with E-state index < -0.39 is 0 Å². The van der Waals surface area contributed by atoms with Crippen LogP contribution in [0.4, 0.5) is 10.5 Å². The second-order valence-corrected chi connectivity index (χ2v) is 4.79. The largest absolute Gasteiger partial charge is 0.409 e. The van der Waals surface area contributed by atoms with Gasteiger partial charge in [0, 0.05) is 23.6 Å². The SMILES string of the molecule is N/C(=N\O)c1ccc(NC(=O)n2cc3ccccc3c2)cc1. The first kappa shape index (κ1) is 13.7. The van der Waals surface area contributed by atoms with Crippen LogP contribution in [0, 0.1) is 0 Å². The summed E-state index contributed by atoms with van der Waals surface area (Å²) in [5.41, 5.74) is 6.69. The van der Waals surface area contributed by atoms with Crippen LogP contribution in [0.15, 0.2) is 66.1 Å². The molecule has 6 nitrogen and oxygen atoms in total. The van der Waals surface area contributed by atoms with E-state index in [1.165, 1.54) is 4.57 Å². The molecule has 22 heavy (non-hydrogen) atoms. The van der Waals surface area contributed by atoms with Gasteiger partial charge in [-0.25, -0.2) is 4.79 Å². The number of anilines is 1. The number of oxime groups is 1. The van der Waals surface area contributed by atoms with Crippen molar-refractivity contribution in [1.29, 1.82) is 0 Å². The number of nitrogens with two attached hydrogens (primary N) is 1. The lowest BCUT2D eigenvalue weighted by atomic mass is 10.2. The number of carbonyl (C=O) groups is 1. The lowest BCUT2D eigenvalue weighted by molar-refractivity contribution is 0.253. The summed E-state index contributed by atoms with van der Waals surface area (Å²) in [7, 11) is 0. The smallest absolute Gasteiger partial charge is 0.329 e. The third-order valence-corrected chi connectivity index (χ3v) is 3.33. The average molecular weight is 294 g/mol. The fourth-order valence-electron chi connectivity index (χ4n) is 2.17. The highest BCUT2D eigenvalue weighted by Crippen LogP contribution is 2.15. The molecule has 3 aromatic rings. The number of amidine groups is 1. The van der Waals surface area contributed by atoms with Crippen molar-refractivity contribution in [2.45, 2.75) is 0 Å². The Kier molecular flexibility index (Phi) is 3.49. The van der Waals surface area contributed by atoms with Crippen LogP contribution in [-0.2, 0) is 0 Å². The molecule has 0 saturated heterocycles. The molecule has 1 aromatic heterocycles. The Bertz CT molecular complexity index is 817. The van der Waals surface area contributed by atoms with E-state index in [1.54, 1.807) is 36.7 Å². The number of nitrogens with one attached hydrogen (secondary N) is 1. The molecular weight excluding hydrogens is 280 g/mol. The zero-order valence-electron chi connectivity index (χ0n) is 11.6. The second-order valence-electron chi connectivity index (χ2n) is 4.79. The molecule has 0 bridgehead atoms. The summed E-state index contributed by atoms with van der Waals surface area (Å²) in [4.78, 5) is 12.2. The number of rotatable bonds is 2. The number of fused-ring (bicyclic) bond motifs is 1. The molecule has 0 aliphatic heterocycles. The van der Waals surface area contributed by atoms with Gasteiger partial charge >= 0.3 is 6.03 Å². The summed E-state index contributed by atoms with van der Waals surface area (Å²) in [6, 6.07) is 14.2. The predicted molar refractivity (Wildman–Crippen MR) is 85.3 cm³/mol. The molecule has 2 aromatic carbocycles. The van der Waals surface area contributed by atoms with Crippen molar-refractivity contribution in [2.24, 2.45) is 10.9 Å². The van der Waals surface area contributed by atoms with Gasteiger partial charge in [0.25, 0.3) is 0 Å². The van der Waals surface area contributed by atoms with Crippen molar-refractivity contribution in [3.63, 3.8) is 0 Å². The summed E-state index contributed by atoms with van der Waals surface area (Å²) in [6.45, 7) is 0. The van der Waals surface area contributed by atoms with Crippen LogP contribution < -0.4 is 11.1 Å². The van der Waals surface area contributed by atoms with Crippen molar-refractivity contribution in [1.82, 2.24) is 4.57 Å². The molecule has 0 spiro atoms. The maximum atomic E-state index is 12.2. The van der Waals surface area contributed by atoms with E-state index >= 15 is 0 Å². The van der Waals surface area contributed by atoms with Gasteiger partial charge in [0.1, 0.15) is 0 Å². The average Bonchev–Trinajstić information content (AvgIpc) is 2.99. The Labute approximate surface area is 126 Å². The van der Waals surface area contributed by atoms with E-state index in [0.29, 0.717) is 11.3 Å². The number of nitrogens with zero attached hydrogens (tertiary/aromatic N) is 2. The molecule has 3 rings (SSSR count). The van der Waals surface area contributed by atoms with E-state index in [9.17, 15) is 4.79 Å². The zero-order valence-corrected chi connectivity index (χ0v) is 11.6. The van der Waals surface area contributed by atoms with Crippen LogP contribution in [0.1, 0.15) is 5.56 Å². The van der Waals surface area contributed by atoms with Gasteiger partial charge in [-0.15, -0.1) is 0 Å². The Morgan fingerprint density at radius 1 is 1.05 bits per heavy atom. The minimum Gasteiger partial charge on any atom is -0.409 e. The summed E-state index contributed by atoms with van der Waals surface area (Å²) in [5.74, 6) is 0.0227. The third-order valence-electron chi connectivity index (χ3n) is 3.33. The fraction of sp³-hybridized carbons (Fsp3) is 0. The number of amides is 1. The topological polar surface area (TPSA) is 92.6 Å². The molecule has 0 fully saturated rings. The summed E-state index contributed by atoms with van der Waals surface area (Å²) >= 11 is 0. The number of hydrogen-bond donors (Lipinski definition) is 3. The van der Waals surface area contributed by atoms with Gasteiger partial charge in [0.05, 0.1) is 0 Å². The van der Waals surface area contributed by atoms with Crippen molar-refractivity contribution in [3.8, 4) is 0 Å². The van der Waals surface area contributed by atoms with Gasteiger partial charge in [0.2, 0.25) is 0 Å². The number of carbonyl (C=O) groups excluding carboxylic acids is 1. The van der Waals surface area contributed by atoms with Crippen LogP contribution >= 0.6 is 0 Å². The van der Waals surface area contributed by atoms with Crippen LogP contribution in [0.25, 0.3) is 10.8 Å². The molecule has 0 saturated carbocycles. The van der Waals surface area contributed by atoms with E-state index in [-0.39, 0.29) is 11.9 Å². The molecule has 0 radical (unpaired) electrons. The summed E-state index contributed by atoms with van der Waals surface area (Å²) < 4.78 is 1.50.